The summed E-state index contributed by atoms with van der Waals surface area (Å²) in [6.45, 7) is 5.46. The van der Waals surface area contributed by atoms with Gasteiger partial charge in [-0.2, -0.15) is 4.89 Å². The molecule has 0 atom stereocenters. The predicted molar refractivity (Wildman–Crippen MR) is 32.3 cm³/mol. The molecule has 0 aromatic rings. The van der Waals surface area contributed by atoms with Crippen molar-refractivity contribution in [1.29, 1.82) is 0 Å². The largest absolute Gasteiger partial charge is 0.339 e. The van der Waals surface area contributed by atoms with Gasteiger partial charge in [-0.1, -0.05) is 13.8 Å². The number of rotatable bonds is 3. The lowest BCUT2D eigenvalue weighted by Crippen LogP contribution is -2.04. The second kappa shape index (κ2) is 4.32. The third-order valence-corrected chi connectivity index (χ3v) is 0.524. The maximum absolute atomic E-state index is 10.1. The van der Waals surface area contributed by atoms with E-state index < -0.39 is 5.97 Å². The van der Waals surface area contributed by atoms with Crippen LogP contribution < -0.4 is 0 Å². The van der Waals surface area contributed by atoms with Gasteiger partial charge in [-0.3, -0.25) is 4.89 Å². The summed E-state index contributed by atoms with van der Waals surface area (Å²) < 4.78 is 0. The SMILES string of the molecule is C[C](C)COOC(C)=O. The second-order valence-corrected chi connectivity index (χ2v) is 2.04. The highest BCUT2D eigenvalue weighted by Crippen LogP contribution is 1.94. The van der Waals surface area contributed by atoms with Crippen LogP contribution in [0.5, 0.6) is 0 Å². The van der Waals surface area contributed by atoms with Crippen LogP contribution in [0.3, 0.4) is 0 Å². The molecule has 0 aromatic carbocycles. The molecule has 0 aliphatic heterocycles. The molecule has 0 aromatic heterocycles. The van der Waals surface area contributed by atoms with Gasteiger partial charge >= 0.3 is 5.97 Å². The molecule has 0 saturated carbocycles. The van der Waals surface area contributed by atoms with E-state index in [1.54, 1.807) is 0 Å². The molecular weight excluding hydrogens is 120 g/mol. The molecule has 0 saturated heterocycles. The number of hydrogen-bond acceptors (Lipinski definition) is 3. The molecule has 3 heteroatoms. The van der Waals surface area contributed by atoms with Crippen LogP contribution >= 0.6 is 0 Å². The van der Waals surface area contributed by atoms with Crippen molar-refractivity contribution in [3.63, 3.8) is 0 Å². The van der Waals surface area contributed by atoms with Crippen molar-refractivity contribution in [2.75, 3.05) is 6.61 Å². The van der Waals surface area contributed by atoms with E-state index >= 15 is 0 Å². The van der Waals surface area contributed by atoms with Gasteiger partial charge in [0.1, 0.15) is 0 Å². The Morgan fingerprint density at radius 2 is 1.89 bits per heavy atom. The Morgan fingerprint density at radius 3 is 2.22 bits per heavy atom. The monoisotopic (exact) mass is 131 g/mol. The Hall–Kier alpha value is -0.570. The molecule has 0 aliphatic rings. The van der Waals surface area contributed by atoms with E-state index in [1.807, 2.05) is 13.8 Å². The first kappa shape index (κ1) is 8.43. The van der Waals surface area contributed by atoms with Crippen LogP contribution in [-0.2, 0) is 14.6 Å². The first-order chi connectivity index (χ1) is 4.13. The van der Waals surface area contributed by atoms with Crippen molar-refractivity contribution < 1.29 is 14.6 Å². The summed E-state index contributed by atoms with van der Waals surface area (Å²) in [5, 5.41) is 0. The van der Waals surface area contributed by atoms with Crippen molar-refractivity contribution in [2.24, 2.45) is 0 Å². The molecule has 0 N–H and O–H groups in total. The molecule has 0 heterocycles. The zero-order chi connectivity index (χ0) is 7.28. The predicted octanol–water partition coefficient (Wildman–Crippen LogP) is 1.10. The molecule has 0 aliphatic carbocycles. The summed E-state index contributed by atoms with van der Waals surface area (Å²) in [5.74, 6) is 0.646. The lowest BCUT2D eigenvalue weighted by Gasteiger charge is -2.01. The minimum Gasteiger partial charge on any atom is -0.299 e. The van der Waals surface area contributed by atoms with Crippen molar-refractivity contribution in [3.8, 4) is 0 Å². The molecule has 0 unspecified atom stereocenters. The summed E-state index contributed by atoms with van der Waals surface area (Å²) in [5.41, 5.74) is 0. The highest BCUT2D eigenvalue weighted by Gasteiger charge is 1.96. The maximum Gasteiger partial charge on any atom is 0.339 e. The van der Waals surface area contributed by atoms with E-state index in [0.29, 0.717) is 6.61 Å². The molecule has 9 heavy (non-hydrogen) atoms. The normalized spacial score (nSPS) is 9.78. The molecule has 3 nitrogen and oxygen atoms in total. The number of carbonyl (C=O) groups excluding carboxylic acids is 1. The zero-order valence-corrected chi connectivity index (χ0v) is 5.93. The highest BCUT2D eigenvalue weighted by atomic mass is 17.2. The Labute approximate surface area is 54.9 Å². The van der Waals surface area contributed by atoms with Crippen LogP contribution in [-0.4, -0.2) is 12.6 Å². The lowest BCUT2D eigenvalue weighted by molar-refractivity contribution is -0.267. The smallest absolute Gasteiger partial charge is 0.299 e. The van der Waals surface area contributed by atoms with E-state index in [1.165, 1.54) is 6.92 Å². The van der Waals surface area contributed by atoms with E-state index in [-0.39, 0.29) is 0 Å². The number of carbonyl (C=O) groups is 1. The average Bonchev–Trinajstić information content (AvgIpc) is 1.63. The van der Waals surface area contributed by atoms with Crippen molar-refractivity contribution >= 4 is 5.97 Å². The molecule has 0 amide bonds. The Balaban J connectivity index is 3.01. The summed E-state index contributed by atoms with van der Waals surface area (Å²) in [6, 6.07) is 0. The van der Waals surface area contributed by atoms with Gasteiger partial charge in [0.05, 0.1) is 6.61 Å². The first-order valence-electron chi connectivity index (χ1n) is 2.72. The highest BCUT2D eigenvalue weighted by molar-refractivity contribution is 5.65. The summed E-state index contributed by atoms with van der Waals surface area (Å²) in [7, 11) is 0. The fourth-order valence-corrected chi connectivity index (χ4v) is 0.230. The molecule has 0 fully saturated rings. The minimum atomic E-state index is -0.420. The van der Waals surface area contributed by atoms with Gasteiger partial charge in [0, 0.05) is 6.92 Å². The van der Waals surface area contributed by atoms with Gasteiger partial charge in [-0.05, 0) is 5.92 Å². The van der Waals surface area contributed by atoms with Crippen LogP contribution in [0.4, 0.5) is 0 Å². The van der Waals surface area contributed by atoms with E-state index in [9.17, 15) is 4.79 Å². The van der Waals surface area contributed by atoms with Gasteiger partial charge in [0.15, 0.2) is 0 Å². The molecule has 0 rings (SSSR count). The lowest BCUT2D eigenvalue weighted by atomic mass is 10.2. The van der Waals surface area contributed by atoms with Crippen LogP contribution in [0, 0.1) is 5.92 Å². The fraction of sp³-hybridized carbons (Fsp3) is 0.667. The van der Waals surface area contributed by atoms with Gasteiger partial charge in [0.2, 0.25) is 0 Å². The standard InChI is InChI=1S/C6H11O3/c1-5(2)4-8-9-6(3)7/h4H2,1-3H3. The summed E-state index contributed by atoms with van der Waals surface area (Å²) in [6.07, 6.45) is 0. The molecule has 1 radical (unpaired) electrons. The van der Waals surface area contributed by atoms with Crippen molar-refractivity contribution in [1.82, 2.24) is 0 Å². The zero-order valence-electron chi connectivity index (χ0n) is 5.93. The topological polar surface area (TPSA) is 35.5 Å². The quantitative estimate of drug-likeness (QED) is 0.425. The number of hydrogen-bond donors (Lipinski definition) is 0. The molecule has 0 bridgehead atoms. The molecule has 0 spiro atoms. The summed E-state index contributed by atoms with van der Waals surface area (Å²) >= 11 is 0. The fourth-order valence-electron chi connectivity index (χ4n) is 0.230. The van der Waals surface area contributed by atoms with Crippen LogP contribution in [0.25, 0.3) is 0 Å². The Morgan fingerprint density at radius 1 is 1.33 bits per heavy atom. The van der Waals surface area contributed by atoms with Gasteiger partial charge in [-0.15, -0.1) is 0 Å². The Kier molecular flexibility index (Phi) is 4.05. The van der Waals surface area contributed by atoms with E-state index in [2.05, 4.69) is 9.78 Å². The van der Waals surface area contributed by atoms with Gasteiger partial charge in [-0.25, -0.2) is 4.79 Å². The first-order valence-corrected chi connectivity index (χ1v) is 2.72. The Bertz CT molecular complexity index is 88.3. The molecule has 53 valence electrons. The third-order valence-electron chi connectivity index (χ3n) is 0.524. The van der Waals surface area contributed by atoms with Crippen LogP contribution in [0.2, 0.25) is 0 Å². The second-order valence-electron chi connectivity index (χ2n) is 2.04. The van der Waals surface area contributed by atoms with Crippen LogP contribution in [0.1, 0.15) is 20.8 Å². The summed E-state index contributed by atoms with van der Waals surface area (Å²) in [4.78, 5) is 18.7. The maximum atomic E-state index is 10.1. The molecular formula is C6H11O3. The van der Waals surface area contributed by atoms with Crippen LogP contribution in [0.15, 0.2) is 0 Å². The minimum absolute atomic E-state index is 0.375. The van der Waals surface area contributed by atoms with Gasteiger partial charge < -0.3 is 0 Å². The average molecular weight is 131 g/mol. The van der Waals surface area contributed by atoms with E-state index in [4.69, 9.17) is 0 Å². The third kappa shape index (κ3) is 7.43. The van der Waals surface area contributed by atoms with Crippen molar-refractivity contribution in [3.05, 3.63) is 5.92 Å². The van der Waals surface area contributed by atoms with Crippen molar-refractivity contribution in [2.45, 2.75) is 20.8 Å². The van der Waals surface area contributed by atoms with E-state index in [0.717, 1.165) is 5.92 Å². The van der Waals surface area contributed by atoms with Gasteiger partial charge in [0.25, 0.3) is 0 Å².